The van der Waals surface area contributed by atoms with Crippen molar-refractivity contribution in [3.63, 3.8) is 0 Å². The van der Waals surface area contributed by atoms with Gasteiger partial charge in [-0.25, -0.2) is 0 Å². The monoisotopic (exact) mass is 427 g/mol. The van der Waals surface area contributed by atoms with Crippen LogP contribution in [0.25, 0.3) is 6.08 Å². The van der Waals surface area contributed by atoms with Crippen LogP contribution in [0.4, 0.5) is 0 Å². The summed E-state index contributed by atoms with van der Waals surface area (Å²) < 4.78 is 16.1. The minimum atomic E-state index is -0.388. The van der Waals surface area contributed by atoms with Crippen molar-refractivity contribution >= 4 is 11.9 Å². The molecule has 0 saturated carbocycles. The van der Waals surface area contributed by atoms with Crippen LogP contribution in [0.2, 0.25) is 0 Å². The summed E-state index contributed by atoms with van der Waals surface area (Å²) in [6, 6.07) is 8.72. The Morgan fingerprint density at radius 1 is 1.13 bits per heavy atom. The highest BCUT2D eigenvalue weighted by molar-refractivity contribution is 6.11. The number of phenols is 1. The smallest absolute Gasteiger partial charge is 0.193 e. The molecule has 2 atom stereocenters. The Balaban J connectivity index is 2.02. The van der Waals surface area contributed by atoms with Crippen LogP contribution < -0.4 is 14.2 Å². The molecule has 1 aliphatic heterocycles. The number of aliphatic hydroxyl groups is 1. The van der Waals surface area contributed by atoms with Gasteiger partial charge in [0.15, 0.2) is 5.78 Å². The van der Waals surface area contributed by atoms with Crippen LogP contribution in [0.1, 0.15) is 33.8 Å². The van der Waals surface area contributed by atoms with Crippen molar-refractivity contribution in [1.29, 1.82) is 0 Å². The van der Waals surface area contributed by atoms with E-state index in [1.165, 1.54) is 20.3 Å². The van der Waals surface area contributed by atoms with E-state index in [-0.39, 0.29) is 41.4 Å². The molecule has 166 valence electrons. The number of ketones is 1. The maximum absolute atomic E-state index is 13.1. The quantitative estimate of drug-likeness (QED) is 0.494. The Labute approximate surface area is 182 Å². The first-order chi connectivity index (χ1) is 14.9. The van der Waals surface area contributed by atoms with E-state index < -0.39 is 0 Å². The summed E-state index contributed by atoms with van der Waals surface area (Å²) in [4.78, 5) is 15.1. The van der Waals surface area contributed by atoms with Gasteiger partial charge >= 0.3 is 0 Å². The number of allylic oxidation sites excluding steroid dienone is 1. The Hall–Kier alpha value is -3.03. The van der Waals surface area contributed by atoms with Crippen molar-refractivity contribution in [3.05, 3.63) is 53.1 Å². The van der Waals surface area contributed by atoms with Crippen molar-refractivity contribution in [3.8, 4) is 23.0 Å². The molecule has 1 heterocycles. The molecule has 0 radical (unpaired) electrons. The molecule has 0 aliphatic carbocycles. The fourth-order valence-corrected chi connectivity index (χ4v) is 4.15. The molecule has 3 rings (SSSR count). The van der Waals surface area contributed by atoms with E-state index in [4.69, 9.17) is 14.2 Å². The van der Waals surface area contributed by atoms with Gasteiger partial charge in [-0.05, 0) is 43.8 Å². The maximum atomic E-state index is 13.1. The second-order valence-electron chi connectivity index (χ2n) is 7.51. The number of methoxy groups -OCH3 is 3. The fraction of sp³-hybridized carbons (Fsp3) is 0.375. The van der Waals surface area contributed by atoms with Gasteiger partial charge in [-0.1, -0.05) is 18.2 Å². The van der Waals surface area contributed by atoms with Crippen LogP contribution in [0, 0.1) is 0 Å². The summed E-state index contributed by atoms with van der Waals surface area (Å²) in [5, 5.41) is 21.1. The van der Waals surface area contributed by atoms with Gasteiger partial charge in [0.1, 0.15) is 28.6 Å². The van der Waals surface area contributed by atoms with Crippen LogP contribution in [-0.2, 0) is 0 Å². The Bertz CT molecular complexity index is 954. The summed E-state index contributed by atoms with van der Waals surface area (Å²) in [6.07, 6.45) is 3.80. The predicted octanol–water partition coefficient (Wildman–Crippen LogP) is 3.09. The highest BCUT2D eigenvalue weighted by Crippen LogP contribution is 2.47. The standard InChI is InChI=1S/C24H29NO6/c1-25-12-11-17(18(25)14-26)22-20(30-3)13-21(31-4)23(24(22)28)19(27)10-7-15-5-8-16(29-2)9-6-15/h5-10,13,17-18,26,28H,11-12,14H2,1-4H3/b10-7+. The molecule has 0 amide bonds. The van der Waals surface area contributed by atoms with Crippen LogP contribution >= 0.6 is 0 Å². The lowest BCUT2D eigenvalue weighted by molar-refractivity contribution is 0.104. The molecule has 0 bridgehead atoms. The zero-order chi connectivity index (χ0) is 22.5. The molecule has 0 aromatic heterocycles. The van der Waals surface area contributed by atoms with Crippen LogP contribution in [0.3, 0.4) is 0 Å². The van der Waals surface area contributed by atoms with Gasteiger partial charge < -0.3 is 29.3 Å². The number of phenolic OH excluding ortho intramolecular Hbond substituents is 1. The normalized spacial score (nSPS) is 19.0. The maximum Gasteiger partial charge on any atom is 0.193 e. The molecule has 1 fully saturated rings. The molecule has 31 heavy (non-hydrogen) atoms. The van der Waals surface area contributed by atoms with Gasteiger partial charge in [0.2, 0.25) is 0 Å². The van der Waals surface area contributed by atoms with E-state index in [1.807, 2.05) is 24.1 Å². The lowest BCUT2D eigenvalue weighted by Gasteiger charge is -2.26. The highest BCUT2D eigenvalue weighted by atomic mass is 16.5. The number of rotatable bonds is 8. The molecule has 2 aromatic carbocycles. The zero-order valence-electron chi connectivity index (χ0n) is 18.3. The summed E-state index contributed by atoms with van der Waals surface area (Å²) in [5.74, 6) is 0.661. The first kappa shape index (κ1) is 22.7. The van der Waals surface area contributed by atoms with Crippen LogP contribution in [0.15, 0.2) is 36.4 Å². The average Bonchev–Trinajstić information content (AvgIpc) is 3.16. The van der Waals surface area contributed by atoms with Gasteiger partial charge in [-0.2, -0.15) is 0 Å². The number of carbonyl (C=O) groups excluding carboxylic acids is 1. The Morgan fingerprint density at radius 3 is 2.39 bits per heavy atom. The molecule has 2 aromatic rings. The molecule has 2 N–H and O–H groups in total. The fourth-order valence-electron chi connectivity index (χ4n) is 4.15. The number of hydrogen-bond donors (Lipinski definition) is 2. The summed E-state index contributed by atoms with van der Waals surface area (Å²) in [5.41, 5.74) is 1.42. The van der Waals surface area contributed by atoms with Crippen molar-refractivity contribution in [1.82, 2.24) is 4.90 Å². The van der Waals surface area contributed by atoms with Crippen molar-refractivity contribution in [2.75, 3.05) is 41.5 Å². The van der Waals surface area contributed by atoms with Gasteiger partial charge in [0.25, 0.3) is 0 Å². The summed E-state index contributed by atoms with van der Waals surface area (Å²) in [7, 11) is 6.47. The van der Waals surface area contributed by atoms with E-state index in [2.05, 4.69) is 0 Å². The number of ether oxygens (including phenoxy) is 3. The van der Waals surface area contributed by atoms with E-state index in [0.29, 0.717) is 11.3 Å². The third kappa shape index (κ3) is 4.52. The third-order valence-electron chi connectivity index (χ3n) is 5.88. The number of aliphatic hydroxyl groups excluding tert-OH is 1. The largest absolute Gasteiger partial charge is 0.507 e. The first-order valence-electron chi connectivity index (χ1n) is 10.1. The number of nitrogens with zero attached hydrogens (tertiary/aromatic N) is 1. The summed E-state index contributed by atoms with van der Waals surface area (Å²) >= 11 is 0. The summed E-state index contributed by atoms with van der Waals surface area (Å²) in [6.45, 7) is 0.710. The van der Waals surface area contributed by atoms with Gasteiger partial charge in [-0.15, -0.1) is 0 Å². The number of benzene rings is 2. The lowest BCUT2D eigenvalue weighted by Crippen LogP contribution is -2.32. The minimum Gasteiger partial charge on any atom is -0.507 e. The van der Waals surface area contributed by atoms with E-state index >= 15 is 0 Å². The second-order valence-corrected chi connectivity index (χ2v) is 7.51. The minimum absolute atomic E-state index is 0.0591. The van der Waals surface area contributed by atoms with Crippen molar-refractivity contribution in [2.24, 2.45) is 0 Å². The lowest BCUT2D eigenvalue weighted by atomic mass is 9.87. The zero-order valence-corrected chi connectivity index (χ0v) is 18.3. The second kappa shape index (κ2) is 9.85. The van der Waals surface area contributed by atoms with E-state index in [0.717, 1.165) is 24.3 Å². The number of likely N-dealkylation sites (N-methyl/N-ethyl adjacent to an activating group) is 1. The molecule has 7 nitrogen and oxygen atoms in total. The molecule has 1 aliphatic rings. The predicted molar refractivity (Wildman–Crippen MR) is 118 cm³/mol. The highest BCUT2D eigenvalue weighted by Gasteiger charge is 2.37. The molecular weight excluding hydrogens is 398 g/mol. The number of carbonyl (C=O) groups is 1. The van der Waals surface area contributed by atoms with E-state index in [9.17, 15) is 15.0 Å². The van der Waals surface area contributed by atoms with Gasteiger partial charge in [0.05, 0.1) is 27.9 Å². The van der Waals surface area contributed by atoms with Gasteiger partial charge in [-0.3, -0.25) is 4.79 Å². The van der Waals surface area contributed by atoms with E-state index in [1.54, 1.807) is 31.4 Å². The first-order valence-corrected chi connectivity index (χ1v) is 10.1. The molecule has 1 saturated heterocycles. The number of hydrogen-bond acceptors (Lipinski definition) is 7. The molecule has 0 spiro atoms. The number of likely N-dealkylation sites (tertiary alicyclic amines) is 1. The molecule has 7 heteroatoms. The van der Waals surface area contributed by atoms with Crippen LogP contribution in [0.5, 0.6) is 23.0 Å². The van der Waals surface area contributed by atoms with Crippen molar-refractivity contribution in [2.45, 2.75) is 18.4 Å². The third-order valence-corrected chi connectivity index (χ3v) is 5.88. The average molecular weight is 427 g/mol. The molecule has 2 unspecified atom stereocenters. The molecular formula is C24H29NO6. The number of aromatic hydroxyl groups is 1. The van der Waals surface area contributed by atoms with Crippen molar-refractivity contribution < 1.29 is 29.2 Å². The Kier molecular flexibility index (Phi) is 7.20. The Morgan fingerprint density at radius 2 is 1.81 bits per heavy atom. The van der Waals surface area contributed by atoms with Gasteiger partial charge in [0, 0.05) is 23.6 Å². The van der Waals surface area contributed by atoms with Crippen LogP contribution in [-0.4, -0.2) is 68.5 Å². The SMILES string of the molecule is COc1ccc(/C=C/C(=O)c2c(OC)cc(OC)c(C3CCN(C)C3CO)c2O)cc1. The topological polar surface area (TPSA) is 88.5 Å².